The van der Waals surface area contributed by atoms with Gasteiger partial charge >= 0.3 is 0 Å². The molecule has 20 heavy (non-hydrogen) atoms. The highest BCUT2D eigenvalue weighted by Gasteiger charge is 2.29. The number of ether oxygens (including phenoxy) is 2. The van der Waals surface area contributed by atoms with Gasteiger partial charge in [-0.3, -0.25) is 4.79 Å². The number of nitrogens with zero attached hydrogens (tertiary/aromatic N) is 2. The molecule has 0 bridgehead atoms. The molecular weight excluding hydrogens is 256 g/mol. The molecule has 1 aliphatic carbocycles. The van der Waals surface area contributed by atoms with Crippen molar-refractivity contribution in [3.63, 3.8) is 0 Å². The van der Waals surface area contributed by atoms with E-state index in [2.05, 4.69) is 11.9 Å². The molecule has 0 radical (unpaired) electrons. The van der Waals surface area contributed by atoms with E-state index in [1.807, 2.05) is 11.8 Å². The van der Waals surface area contributed by atoms with Gasteiger partial charge in [-0.2, -0.15) is 0 Å². The van der Waals surface area contributed by atoms with Gasteiger partial charge < -0.3 is 19.3 Å². The van der Waals surface area contributed by atoms with Gasteiger partial charge in [0.25, 0.3) is 0 Å². The Kier molecular flexibility index (Phi) is 5.81. The van der Waals surface area contributed by atoms with Crippen molar-refractivity contribution in [3.8, 4) is 0 Å². The summed E-state index contributed by atoms with van der Waals surface area (Å²) in [6.07, 6.45) is 2.88. The zero-order chi connectivity index (χ0) is 14.5. The van der Waals surface area contributed by atoms with Crippen molar-refractivity contribution in [1.29, 1.82) is 0 Å². The first kappa shape index (κ1) is 15.7. The van der Waals surface area contributed by atoms with E-state index in [0.29, 0.717) is 26.3 Å². The fourth-order valence-electron chi connectivity index (χ4n) is 2.83. The van der Waals surface area contributed by atoms with Gasteiger partial charge in [-0.05, 0) is 25.8 Å². The molecule has 1 amide bonds. The molecule has 1 saturated carbocycles. The Morgan fingerprint density at radius 1 is 1.45 bits per heavy atom. The van der Waals surface area contributed by atoms with E-state index in [-0.39, 0.29) is 17.9 Å². The van der Waals surface area contributed by atoms with Crippen molar-refractivity contribution in [2.24, 2.45) is 11.8 Å². The van der Waals surface area contributed by atoms with Crippen LogP contribution in [0.2, 0.25) is 0 Å². The molecule has 0 aromatic carbocycles. The van der Waals surface area contributed by atoms with Gasteiger partial charge in [-0.1, -0.05) is 6.92 Å². The highest BCUT2D eigenvalue weighted by Crippen LogP contribution is 2.29. The van der Waals surface area contributed by atoms with Crippen LogP contribution < -0.4 is 0 Å². The van der Waals surface area contributed by atoms with E-state index in [0.717, 1.165) is 19.0 Å². The molecule has 5 nitrogen and oxygen atoms in total. The molecule has 0 unspecified atom stereocenters. The number of methoxy groups -OCH3 is 1. The summed E-state index contributed by atoms with van der Waals surface area (Å²) in [5.41, 5.74) is 0. The van der Waals surface area contributed by atoms with Crippen molar-refractivity contribution in [1.82, 2.24) is 9.80 Å². The summed E-state index contributed by atoms with van der Waals surface area (Å²) in [4.78, 5) is 16.6. The number of hydrogen-bond donors (Lipinski definition) is 0. The molecule has 0 spiro atoms. The molecule has 0 N–H and O–H groups in total. The minimum absolute atomic E-state index is 0.0667. The smallest absolute Gasteiger partial charge is 0.227 e. The van der Waals surface area contributed by atoms with Gasteiger partial charge in [0.2, 0.25) is 5.91 Å². The molecule has 1 saturated heterocycles. The number of hydrogen-bond acceptors (Lipinski definition) is 4. The highest BCUT2D eigenvalue weighted by atomic mass is 16.5. The average Bonchev–Trinajstić information content (AvgIpc) is 3.22. The summed E-state index contributed by atoms with van der Waals surface area (Å²) in [6.45, 7) is 6.55. The minimum atomic E-state index is -0.0667. The summed E-state index contributed by atoms with van der Waals surface area (Å²) in [5.74, 6) is 1.01. The van der Waals surface area contributed by atoms with Crippen LogP contribution in [0, 0.1) is 11.8 Å². The largest absolute Gasteiger partial charge is 0.384 e. The molecule has 1 heterocycles. The van der Waals surface area contributed by atoms with E-state index in [1.165, 1.54) is 12.8 Å². The maximum atomic E-state index is 12.3. The van der Waals surface area contributed by atoms with Gasteiger partial charge in [0.15, 0.2) is 0 Å². The van der Waals surface area contributed by atoms with E-state index in [9.17, 15) is 4.79 Å². The number of amides is 1. The zero-order valence-electron chi connectivity index (χ0n) is 13.0. The van der Waals surface area contributed by atoms with E-state index in [1.54, 1.807) is 7.11 Å². The fraction of sp³-hybridized carbons (Fsp3) is 0.933. The number of likely N-dealkylation sites (N-methyl/N-ethyl adjacent to an activating group) is 1. The fourth-order valence-corrected chi connectivity index (χ4v) is 2.83. The summed E-state index contributed by atoms with van der Waals surface area (Å²) < 4.78 is 10.9. The topological polar surface area (TPSA) is 42.0 Å². The van der Waals surface area contributed by atoms with Crippen LogP contribution in [0.1, 0.15) is 19.8 Å². The van der Waals surface area contributed by atoms with Gasteiger partial charge in [0, 0.05) is 33.3 Å². The lowest BCUT2D eigenvalue weighted by molar-refractivity contribution is -0.144. The predicted octanol–water partition coefficient (Wildman–Crippen LogP) is 0.838. The van der Waals surface area contributed by atoms with Crippen LogP contribution in [0.5, 0.6) is 0 Å². The standard InChI is InChI=1S/C15H28N2O3/c1-12(11-19-3)15(18)17-6-7-20-14(10-17)9-16(2)8-13-4-5-13/h12-14H,4-11H2,1-3H3/t12-,14+/m0/s1. The number of rotatable bonds is 7. The van der Waals surface area contributed by atoms with Crippen LogP contribution in [0.4, 0.5) is 0 Å². The van der Waals surface area contributed by atoms with E-state index >= 15 is 0 Å². The third-order valence-corrected chi connectivity index (χ3v) is 4.07. The Labute approximate surface area is 122 Å². The van der Waals surface area contributed by atoms with Crippen LogP contribution in [-0.4, -0.2) is 75.4 Å². The third kappa shape index (κ3) is 4.72. The SMILES string of the molecule is COC[C@H](C)C(=O)N1CCO[C@H](CN(C)CC2CC2)C1. The van der Waals surface area contributed by atoms with Crippen LogP contribution in [0.3, 0.4) is 0 Å². The molecule has 2 fully saturated rings. The molecule has 2 atom stereocenters. The van der Waals surface area contributed by atoms with Crippen LogP contribution in [0.25, 0.3) is 0 Å². The lowest BCUT2D eigenvalue weighted by atomic mass is 10.1. The molecule has 2 rings (SSSR count). The first-order chi connectivity index (χ1) is 9.60. The van der Waals surface area contributed by atoms with E-state index < -0.39 is 0 Å². The first-order valence-corrected chi connectivity index (χ1v) is 7.68. The van der Waals surface area contributed by atoms with Gasteiger partial charge in [0.05, 0.1) is 25.2 Å². The molecule has 0 aromatic heterocycles. The Morgan fingerprint density at radius 2 is 2.20 bits per heavy atom. The Balaban J connectivity index is 1.76. The lowest BCUT2D eigenvalue weighted by Gasteiger charge is -2.36. The summed E-state index contributed by atoms with van der Waals surface area (Å²) in [6, 6.07) is 0. The lowest BCUT2D eigenvalue weighted by Crippen LogP contribution is -2.51. The predicted molar refractivity (Wildman–Crippen MR) is 77.6 cm³/mol. The minimum Gasteiger partial charge on any atom is -0.384 e. The van der Waals surface area contributed by atoms with Crippen molar-refractivity contribution in [2.75, 3.05) is 53.6 Å². The average molecular weight is 284 g/mol. The van der Waals surface area contributed by atoms with Gasteiger partial charge in [-0.25, -0.2) is 0 Å². The normalized spacial score (nSPS) is 25.0. The van der Waals surface area contributed by atoms with Crippen LogP contribution in [0.15, 0.2) is 0 Å². The second-order valence-corrected chi connectivity index (χ2v) is 6.30. The quantitative estimate of drug-likeness (QED) is 0.695. The second kappa shape index (κ2) is 7.38. The zero-order valence-corrected chi connectivity index (χ0v) is 13.0. The highest BCUT2D eigenvalue weighted by molar-refractivity contribution is 5.78. The first-order valence-electron chi connectivity index (χ1n) is 7.68. The second-order valence-electron chi connectivity index (χ2n) is 6.30. The van der Waals surface area contributed by atoms with Crippen molar-refractivity contribution in [3.05, 3.63) is 0 Å². The molecule has 1 aliphatic heterocycles. The Morgan fingerprint density at radius 3 is 2.85 bits per heavy atom. The Hall–Kier alpha value is -0.650. The van der Waals surface area contributed by atoms with Crippen LogP contribution in [-0.2, 0) is 14.3 Å². The molecule has 2 aliphatic rings. The Bertz CT molecular complexity index is 320. The molecule has 5 heteroatoms. The van der Waals surface area contributed by atoms with E-state index in [4.69, 9.17) is 9.47 Å². The van der Waals surface area contributed by atoms with Gasteiger partial charge in [0.1, 0.15) is 0 Å². The maximum absolute atomic E-state index is 12.3. The summed E-state index contributed by atoms with van der Waals surface area (Å²) >= 11 is 0. The molecular formula is C15H28N2O3. The van der Waals surface area contributed by atoms with Crippen molar-refractivity contribution < 1.29 is 14.3 Å². The number of carbonyl (C=O) groups is 1. The summed E-state index contributed by atoms with van der Waals surface area (Å²) in [5, 5.41) is 0. The number of morpholine rings is 1. The molecule has 0 aromatic rings. The van der Waals surface area contributed by atoms with Crippen LogP contribution >= 0.6 is 0 Å². The van der Waals surface area contributed by atoms with Crippen molar-refractivity contribution >= 4 is 5.91 Å². The summed E-state index contributed by atoms with van der Waals surface area (Å²) in [7, 11) is 3.79. The molecule has 116 valence electrons. The third-order valence-electron chi connectivity index (χ3n) is 4.07. The maximum Gasteiger partial charge on any atom is 0.227 e. The monoisotopic (exact) mass is 284 g/mol. The van der Waals surface area contributed by atoms with Gasteiger partial charge in [-0.15, -0.1) is 0 Å². The number of carbonyl (C=O) groups excluding carboxylic acids is 1. The van der Waals surface area contributed by atoms with Crippen molar-refractivity contribution in [2.45, 2.75) is 25.9 Å².